The van der Waals surface area contributed by atoms with Crippen molar-refractivity contribution in [1.82, 2.24) is 4.90 Å². The van der Waals surface area contributed by atoms with Crippen molar-refractivity contribution in [2.24, 2.45) is 5.92 Å². The third kappa shape index (κ3) is 3.26. The van der Waals surface area contributed by atoms with E-state index >= 15 is 0 Å². The molecule has 1 atom stereocenters. The fraction of sp³-hybridized carbons (Fsp3) is 0.500. The molecule has 1 unspecified atom stereocenters. The van der Waals surface area contributed by atoms with E-state index in [9.17, 15) is 14.9 Å². The number of amides is 1. The molecule has 21 heavy (non-hydrogen) atoms. The molecule has 0 aromatic heterocycles. The molecular formula is C14H17ClN2O4. The molecule has 2 rings (SSSR count). The van der Waals surface area contributed by atoms with E-state index in [2.05, 4.69) is 0 Å². The molecule has 0 spiro atoms. The van der Waals surface area contributed by atoms with Crippen LogP contribution < -0.4 is 4.74 Å². The van der Waals surface area contributed by atoms with Crippen molar-refractivity contribution < 1.29 is 14.5 Å². The summed E-state index contributed by atoms with van der Waals surface area (Å²) in [5, 5.41) is 11.0. The molecule has 1 aromatic rings. The Labute approximate surface area is 127 Å². The van der Waals surface area contributed by atoms with Crippen LogP contribution in [0.15, 0.2) is 18.2 Å². The summed E-state index contributed by atoms with van der Waals surface area (Å²) in [5.74, 6) is 0.551. The van der Waals surface area contributed by atoms with Crippen LogP contribution >= 0.6 is 11.6 Å². The molecule has 0 saturated carbocycles. The topological polar surface area (TPSA) is 72.7 Å². The highest BCUT2D eigenvalue weighted by Gasteiger charge is 2.28. The van der Waals surface area contributed by atoms with Crippen molar-refractivity contribution >= 4 is 23.2 Å². The van der Waals surface area contributed by atoms with Crippen LogP contribution in [0.25, 0.3) is 0 Å². The van der Waals surface area contributed by atoms with Gasteiger partial charge in [-0.1, -0.05) is 6.07 Å². The van der Waals surface area contributed by atoms with Gasteiger partial charge in [0.15, 0.2) is 0 Å². The Bertz CT molecular complexity index is 550. The standard InChI is InChI=1S/C14H17ClN2O4/c1-21-13-11(5-2-6-12(13)17(19)20)14(18)16-7-3-4-10(8-15)9-16/h2,5-6,10H,3-4,7-9H2,1H3. The number of carbonyl (C=O) groups is 1. The van der Waals surface area contributed by atoms with Gasteiger partial charge in [0.25, 0.3) is 5.91 Å². The van der Waals surface area contributed by atoms with E-state index in [0.29, 0.717) is 19.0 Å². The van der Waals surface area contributed by atoms with Crippen molar-refractivity contribution in [3.63, 3.8) is 0 Å². The first-order chi connectivity index (χ1) is 10.1. The van der Waals surface area contributed by atoms with Crippen molar-refractivity contribution in [1.29, 1.82) is 0 Å². The lowest BCUT2D eigenvalue weighted by Gasteiger charge is -2.32. The van der Waals surface area contributed by atoms with Gasteiger partial charge in [-0.25, -0.2) is 0 Å². The monoisotopic (exact) mass is 312 g/mol. The Balaban J connectivity index is 2.30. The number of methoxy groups -OCH3 is 1. The number of piperidine rings is 1. The number of carbonyl (C=O) groups excluding carboxylic acids is 1. The molecule has 0 bridgehead atoms. The molecule has 1 aromatic carbocycles. The quantitative estimate of drug-likeness (QED) is 0.487. The summed E-state index contributed by atoms with van der Waals surface area (Å²) in [5.41, 5.74) is 0.0242. The highest BCUT2D eigenvalue weighted by Crippen LogP contribution is 2.32. The number of likely N-dealkylation sites (tertiary alicyclic amines) is 1. The van der Waals surface area contributed by atoms with Gasteiger partial charge in [0, 0.05) is 25.0 Å². The number of hydrogen-bond donors (Lipinski definition) is 0. The maximum atomic E-state index is 12.6. The van der Waals surface area contributed by atoms with Gasteiger partial charge in [-0.05, 0) is 24.8 Å². The van der Waals surface area contributed by atoms with E-state index in [-0.39, 0.29) is 28.8 Å². The molecule has 1 saturated heterocycles. The summed E-state index contributed by atoms with van der Waals surface area (Å²) in [4.78, 5) is 24.8. The zero-order chi connectivity index (χ0) is 15.4. The SMILES string of the molecule is COc1c(C(=O)N2CCCC(CCl)C2)cccc1[N+](=O)[O-]. The Hall–Kier alpha value is -1.82. The molecule has 0 radical (unpaired) electrons. The molecule has 0 N–H and O–H groups in total. The molecule has 6 nitrogen and oxygen atoms in total. The zero-order valence-corrected chi connectivity index (χ0v) is 12.5. The molecule has 1 fully saturated rings. The van der Waals surface area contributed by atoms with Crippen LogP contribution in [0, 0.1) is 16.0 Å². The van der Waals surface area contributed by atoms with Gasteiger partial charge in [0.1, 0.15) is 0 Å². The Kier molecular flexibility index (Phi) is 5.01. The maximum absolute atomic E-state index is 12.6. The average Bonchev–Trinajstić information content (AvgIpc) is 2.53. The van der Waals surface area contributed by atoms with Gasteiger partial charge in [-0.3, -0.25) is 14.9 Å². The number of nitro benzene ring substituents is 1. The molecule has 7 heteroatoms. The third-order valence-corrected chi connectivity index (χ3v) is 4.09. The third-order valence-electron chi connectivity index (χ3n) is 3.65. The minimum Gasteiger partial charge on any atom is -0.490 e. The highest BCUT2D eigenvalue weighted by molar-refractivity contribution is 6.18. The van der Waals surface area contributed by atoms with E-state index in [1.54, 1.807) is 11.0 Å². The van der Waals surface area contributed by atoms with E-state index in [0.717, 1.165) is 12.8 Å². The smallest absolute Gasteiger partial charge is 0.311 e. The number of hydrogen-bond acceptors (Lipinski definition) is 4. The van der Waals surface area contributed by atoms with Gasteiger partial charge >= 0.3 is 5.69 Å². The summed E-state index contributed by atoms with van der Waals surface area (Å²) in [7, 11) is 1.33. The second-order valence-electron chi connectivity index (χ2n) is 5.03. The predicted octanol–water partition coefficient (Wildman–Crippen LogP) is 2.69. The van der Waals surface area contributed by atoms with Crippen LogP contribution in [0.2, 0.25) is 0 Å². The number of nitrogens with zero attached hydrogens (tertiary/aromatic N) is 2. The van der Waals surface area contributed by atoms with Gasteiger partial charge in [-0.15, -0.1) is 11.6 Å². The number of rotatable bonds is 4. The number of ether oxygens (including phenoxy) is 1. The first kappa shape index (κ1) is 15.6. The van der Waals surface area contributed by atoms with Crippen LogP contribution in [0.3, 0.4) is 0 Å². The predicted molar refractivity (Wildman–Crippen MR) is 79.0 cm³/mol. The molecule has 0 aliphatic carbocycles. The molecule has 114 valence electrons. The summed E-state index contributed by atoms with van der Waals surface area (Å²) in [6.07, 6.45) is 1.89. The Morgan fingerprint density at radius 2 is 2.33 bits per heavy atom. The molecule has 1 heterocycles. The molecule has 1 amide bonds. The Morgan fingerprint density at radius 1 is 1.57 bits per heavy atom. The van der Waals surface area contributed by atoms with E-state index in [1.807, 2.05) is 0 Å². The van der Waals surface area contributed by atoms with Crippen LogP contribution in [0.4, 0.5) is 5.69 Å². The molecule has 1 aliphatic rings. The summed E-state index contributed by atoms with van der Waals surface area (Å²) >= 11 is 5.87. The fourth-order valence-corrected chi connectivity index (χ4v) is 2.85. The van der Waals surface area contributed by atoms with Crippen molar-refractivity contribution in [3.8, 4) is 5.75 Å². The van der Waals surface area contributed by atoms with Gasteiger partial charge in [0.05, 0.1) is 17.6 Å². The van der Waals surface area contributed by atoms with Crippen molar-refractivity contribution in [2.75, 3.05) is 26.1 Å². The summed E-state index contributed by atoms with van der Waals surface area (Å²) in [6.45, 7) is 1.21. The first-order valence-electron chi connectivity index (χ1n) is 6.75. The lowest BCUT2D eigenvalue weighted by molar-refractivity contribution is -0.385. The van der Waals surface area contributed by atoms with E-state index < -0.39 is 4.92 Å². The first-order valence-corrected chi connectivity index (χ1v) is 7.28. The highest BCUT2D eigenvalue weighted by atomic mass is 35.5. The minimum absolute atomic E-state index is 0.0143. The second kappa shape index (κ2) is 6.76. The lowest BCUT2D eigenvalue weighted by atomic mass is 9.99. The fourth-order valence-electron chi connectivity index (χ4n) is 2.60. The Morgan fingerprint density at radius 3 is 2.95 bits per heavy atom. The second-order valence-corrected chi connectivity index (χ2v) is 5.34. The molecule has 1 aliphatic heterocycles. The average molecular weight is 313 g/mol. The van der Waals surface area contributed by atoms with Crippen LogP contribution in [-0.4, -0.2) is 41.8 Å². The maximum Gasteiger partial charge on any atom is 0.311 e. The van der Waals surface area contributed by atoms with Crippen LogP contribution in [0.5, 0.6) is 5.75 Å². The van der Waals surface area contributed by atoms with Gasteiger partial charge in [0.2, 0.25) is 5.75 Å². The number of benzene rings is 1. The lowest BCUT2D eigenvalue weighted by Crippen LogP contribution is -2.40. The van der Waals surface area contributed by atoms with Gasteiger partial charge < -0.3 is 9.64 Å². The number of nitro groups is 1. The normalized spacial score (nSPS) is 18.4. The van der Waals surface area contributed by atoms with Crippen molar-refractivity contribution in [2.45, 2.75) is 12.8 Å². The van der Waals surface area contributed by atoms with E-state index in [4.69, 9.17) is 16.3 Å². The van der Waals surface area contributed by atoms with E-state index in [1.165, 1.54) is 19.2 Å². The van der Waals surface area contributed by atoms with Crippen LogP contribution in [-0.2, 0) is 0 Å². The van der Waals surface area contributed by atoms with Crippen molar-refractivity contribution in [3.05, 3.63) is 33.9 Å². The number of alkyl halides is 1. The van der Waals surface area contributed by atoms with Gasteiger partial charge in [-0.2, -0.15) is 0 Å². The summed E-state index contributed by atoms with van der Waals surface area (Å²) in [6, 6.07) is 4.38. The largest absolute Gasteiger partial charge is 0.490 e. The minimum atomic E-state index is -0.548. The number of halogens is 1. The zero-order valence-electron chi connectivity index (χ0n) is 11.8. The van der Waals surface area contributed by atoms with Crippen LogP contribution in [0.1, 0.15) is 23.2 Å². The number of para-hydroxylation sites is 1. The molecular weight excluding hydrogens is 296 g/mol. The summed E-state index contributed by atoms with van der Waals surface area (Å²) < 4.78 is 5.09.